The summed E-state index contributed by atoms with van der Waals surface area (Å²) in [7, 11) is 0. The van der Waals surface area contributed by atoms with Gasteiger partial charge in [0.15, 0.2) is 0 Å². The molecule has 0 spiro atoms. The molecule has 1 aromatic rings. The Bertz CT molecular complexity index is 609. The Hall–Kier alpha value is -1.62. The molecule has 1 aliphatic rings. The van der Waals surface area contributed by atoms with Gasteiger partial charge < -0.3 is 14.2 Å². The van der Waals surface area contributed by atoms with Crippen molar-refractivity contribution in [3.8, 4) is 0 Å². The number of hydrogen-bond acceptors (Lipinski definition) is 3. The van der Waals surface area contributed by atoms with Crippen molar-refractivity contribution in [1.82, 2.24) is 9.47 Å². The van der Waals surface area contributed by atoms with Crippen molar-refractivity contribution >= 4 is 5.91 Å². The molecule has 2 atom stereocenters. The van der Waals surface area contributed by atoms with Gasteiger partial charge in [-0.15, -0.1) is 0 Å². The van der Waals surface area contributed by atoms with Gasteiger partial charge in [0.1, 0.15) is 0 Å². The first-order chi connectivity index (χ1) is 11.5. The fourth-order valence-corrected chi connectivity index (χ4v) is 3.08. The van der Waals surface area contributed by atoms with Crippen molar-refractivity contribution < 1.29 is 9.53 Å². The van der Waals surface area contributed by atoms with E-state index in [0.29, 0.717) is 31.1 Å². The van der Waals surface area contributed by atoms with E-state index < -0.39 is 0 Å². The van der Waals surface area contributed by atoms with Crippen LogP contribution >= 0.6 is 0 Å². The molecule has 24 heavy (non-hydrogen) atoms. The quantitative estimate of drug-likeness (QED) is 0.804. The molecule has 134 valence electrons. The third kappa shape index (κ3) is 4.47. The van der Waals surface area contributed by atoms with Crippen LogP contribution in [0.25, 0.3) is 0 Å². The van der Waals surface area contributed by atoms with Crippen LogP contribution in [-0.4, -0.2) is 40.7 Å². The number of carbonyl (C=O) groups is 1. The summed E-state index contributed by atoms with van der Waals surface area (Å²) < 4.78 is 7.76. The summed E-state index contributed by atoms with van der Waals surface area (Å²) in [5.41, 5.74) is 0.350. The summed E-state index contributed by atoms with van der Waals surface area (Å²) in [5.74, 6) is 0.295. The van der Waals surface area contributed by atoms with Gasteiger partial charge >= 0.3 is 0 Å². The lowest BCUT2D eigenvalue weighted by Gasteiger charge is -2.40. The van der Waals surface area contributed by atoms with Crippen LogP contribution < -0.4 is 5.56 Å². The predicted molar refractivity (Wildman–Crippen MR) is 95.3 cm³/mol. The molecule has 0 aliphatic carbocycles. The average Bonchev–Trinajstić information content (AvgIpc) is 2.58. The van der Waals surface area contributed by atoms with E-state index in [1.807, 2.05) is 11.8 Å². The van der Waals surface area contributed by atoms with Crippen molar-refractivity contribution in [3.05, 3.63) is 34.2 Å². The molecule has 0 saturated carbocycles. The second-order valence-electron chi connectivity index (χ2n) is 6.93. The molecule has 0 aromatic carbocycles. The molecule has 1 amide bonds. The Morgan fingerprint density at radius 1 is 1.33 bits per heavy atom. The van der Waals surface area contributed by atoms with Gasteiger partial charge in [0.2, 0.25) is 0 Å². The van der Waals surface area contributed by atoms with E-state index in [9.17, 15) is 9.59 Å². The zero-order valence-corrected chi connectivity index (χ0v) is 15.3. The van der Waals surface area contributed by atoms with Crippen molar-refractivity contribution in [3.63, 3.8) is 0 Å². The van der Waals surface area contributed by atoms with Crippen LogP contribution in [0, 0.1) is 5.92 Å². The van der Waals surface area contributed by atoms with Gasteiger partial charge in [-0.05, 0) is 25.3 Å². The smallest absolute Gasteiger partial charge is 0.254 e. The fraction of sp³-hybridized carbons (Fsp3) is 0.684. The highest BCUT2D eigenvalue weighted by molar-refractivity contribution is 5.94. The highest BCUT2D eigenvalue weighted by Gasteiger charge is 2.32. The predicted octanol–water partition coefficient (Wildman–Crippen LogP) is 2.92. The molecule has 5 heteroatoms. The van der Waals surface area contributed by atoms with Crippen LogP contribution in [-0.2, 0) is 11.3 Å². The van der Waals surface area contributed by atoms with Crippen molar-refractivity contribution in [2.75, 3.05) is 13.1 Å². The number of pyridine rings is 1. The second-order valence-corrected chi connectivity index (χ2v) is 6.93. The molecule has 0 unspecified atom stereocenters. The number of morpholine rings is 1. The minimum atomic E-state index is -0.125. The molecule has 2 rings (SSSR count). The summed E-state index contributed by atoms with van der Waals surface area (Å²) in [6.07, 6.45) is 5.04. The largest absolute Gasteiger partial charge is 0.371 e. The van der Waals surface area contributed by atoms with E-state index in [2.05, 4.69) is 20.8 Å². The van der Waals surface area contributed by atoms with E-state index in [1.54, 1.807) is 16.8 Å². The minimum Gasteiger partial charge on any atom is -0.371 e. The molecule has 5 nitrogen and oxygen atoms in total. The summed E-state index contributed by atoms with van der Waals surface area (Å²) in [4.78, 5) is 26.7. The Balaban J connectivity index is 2.16. The highest BCUT2D eigenvalue weighted by Crippen LogP contribution is 2.22. The van der Waals surface area contributed by atoms with Gasteiger partial charge in [-0.1, -0.05) is 33.6 Å². The average molecular weight is 334 g/mol. The number of amides is 1. The number of carbonyl (C=O) groups excluding carboxylic acids is 1. The number of hydrogen-bond donors (Lipinski definition) is 0. The maximum absolute atomic E-state index is 12.9. The zero-order valence-electron chi connectivity index (χ0n) is 15.3. The third-order valence-electron chi connectivity index (χ3n) is 4.69. The SMILES string of the molecule is CCCC[C@@H]1CN(C(=O)c2ccn(CC)c(=O)c2)C[C@H](C(C)C)O1. The Morgan fingerprint density at radius 2 is 2.08 bits per heavy atom. The van der Waals surface area contributed by atoms with Crippen LogP contribution in [0.15, 0.2) is 23.1 Å². The van der Waals surface area contributed by atoms with Gasteiger partial charge in [-0.2, -0.15) is 0 Å². The second kappa shape index (κ2) is 8.47. The van der Waals surface area contributed by atoms with Crippen molar-refractivity contribution in [1.29, 1.82) is 0 Å². The number of rotatable bonds is 6. The van der Waals surface area contributed by atoms with E-state index in [4.69, 9.17) is 4.74 Å². The van der Waals surface area contributed by atoms with Crippen molar-refractivity contribution in [2.45, 2.75) is 65.7 Å². The van der Waals surface area contributed by atoms with E-state index in [0.717, 1.165) is 19.3 Å². The molecule has 0 radical (unpaired) electrons. The van der Waals surface area contributed by atoms with Crippen LogP contribution in [0.5, 0.6) is 0 Å². The van der Waals surface area contributed by atoms with Crippen LogP contribution in [0.4, 0.5) is 0 Å². The van der Waals surface area contributed by atoms with E-state index >= 15 is 0 Å². The summed E-state index contributed by atoms with van der Waals surface area (Å²) in [5, 5.41) is 0. The maximum atomic E-state index is 12.9. The van der Waals surface area contributed by atoms with Crippen LogP contribution in [0.1, 0.15) is 57.3 Å². The highest BCUT2D eigenvalue weighted by atomic mass is 16.5. The molecule has 1 aliphatic heterocycles. The number of unbranched alkanes of at least 4 members (excludes halogenated alkanes) is 1. The Labute approximate surface area is 144 Å². The summed E-state index contributed by atoms with van der Waals surface area (Å²) >= 11 is 0. The van der Waals surface area contributed by atoms with Gasteiger partial charge in [-0.25, -0.2) is 0 Å². The van der Waals surface area contributed by atoms with E-state index in [1.165, 1.54) is 6.07 Å². The number of nitrogens with zero attached hydrogens (tertiary/aromatic N) is 2. The lowest BCUT2D eigenvalue weighted by atomic mass is 10.0. The minimum absolute atomic E-state index is 0.0561. The van der Waals surface area contributed by atoms with Gasteiger partial charge in [0, 0.05) is 37.5 Å². The number of aromatic nitrogens is 1. The maximum Gasteiger partial charge on any atom is 0.254 e. The molecule has 0 N–H and O–H groups in total. The molecule has 0 bridgehead atoms. The van der Waals surface area contributed by atoms with E-state index in [-0.39, 0.29) is 23.7 Å². The Morgan fingerprint density at radius 3 is 2.67 bits per heavy atom. The molecule has 2 heterocycles. The normalized spacial score (nSPS) is 21.3. The van der Waals surface area contributed by atoms with Gasteiger partial charge in [0.25, 0.3) is 11.5 Å². The zero-order chi connectivity index (χ0) is 17.7. The first-order valence-corrected chi connectivity index (χ1v) is 9.11. The molecule has 1 fully saturated rings. The first kappa shape index (κ1) is 18.7. The lowest BCUT2D eigenvalue weighted by Crippen LogP contribution is -2.51. The standard InChI is InChI=1S/C19H30N2O3/c1-5-7-8-16-12-21(13-17(24-16)14(3)4)19(23)15-9-10-20(6-2)18(22)11-15/h9-11,14,16-17H,5-8,12-13H2,1-4H3/t16-,17-/m1/s1. The van der Waals surface area contributed by atoms with Crippen LogP contribution in [0.2, 0.25) is 0 Å². The van der Waals surface area contributed by atoms with Crippen molar-refractivity contribution in [2.24, 2.45) is 5.92 Å². The van der Waals surface area contributed by atoms with Gasteiger partial charge in [-0.3, -0.25) is 9.59 Å². The fourth-order valence-electron chi connectivity index (χ4n) is 3.08. The summed E-state index contributed by atoms with van der Waals surface area (Å²) in [6.45, 7) is 10.1. The van der Waals surface area contributed by atoms with Crippen LogP contribution in [0.3, 0.4) is 0 Å². The number of ether oxygens (including phenoxy) is 1. The molecule has 1 aromatic heterocycles. The molecule has 1 saturated heterocycles. The molecular formula is C19H30N2O3. The molecular weight excluding hydrogens is 304 g/mol. The summed E-state index contributed by atoms with van der Waals surface area (Å²) in [6, 6.07) is 3.20. The van der Waals surface area contributed by atoms with Gasteiger partial charge in [0.05, 0.1) is 12.2 Å². The third-order valence-corrected chi connectivity index (χ3v) is 4.69. The lowest BCUT2D eigenvalue weighted by molar-refractivity contribution is -0.0962. The Kier molecular flexibility index (Phi) is 6.60. The topological polar surface area (TPSA) is 51.5 Å². The monoisotopic (exact) mass is 334 g/mol. The number of aryl methyl sites for hydroxylation is 1. The first-order valence-electron chi connectivity index (χ1n) is 9.11.